The maximum atomic E-state index is 13.1. The quantitative estimate of drug-likeness (QED) is 0.713. The van der Waals surface area contributed by atoms with Gasteiger partial charge in [0.1, 0.15) is 16.6 Å². The summed E-state index contributed by atoms with van der Waals surface area (Å²) in [5.41, 5.74) is 1.37. The first-order valence-corrected chi connectivity index (χ1v) is 6.38. The Morgan fingerprint density at radius 2 is 2.00 bits per heavy atom. The molecule has 5 heteroatoms. The average Bonchev–Trinajstić information content (AvgIpc) is 2.74. The molecule has 1 aromatic heterocycles. The number of halogens is 2. The summed E-state index contributed by atoms with van der Waals surface area (Å²) in [5.74, 6) is -0.167. The SMILES string of the molecule is Oc1ccc(Cl)c(-c2nc3ccc(F)cc3s2)c1. The fraction of sp³-hybridized carbons (Fsp3) is 0. The lowest BCUT2D eigenvalue weighted by molar-refractivity contribution is 0.475. The molecule has 0 unspecified atom stereocenters. The molecular weight excluding hydrogens is 273 g/mol. The highest BCUT2D eigenvalue weighted by Crippen LogP contribution is 2.36. The Bertz CT molecular complexity index is 741. The Morgan fingerprint density at radius 1 is 1.17 bits per heavy atom. The molecule has 0 radical (unpaired) electrons. The predicted molar refractivity (Wildman–Crippen MR) is 71.7 cm³/mol. The first kappa shape index (κ1) is 11.4. The molecule has 1 N–H and O–H groups in total. The van der Waals surface area contributed by atoms with Crippen LogP contribution in [-0.2, 0) is 0 Å². The minimum absolute atomic E-state index is 0.125. The van der Waals surface area contributed by atoms with Crippen molar-refractivity contribution in [3.63, 3.8) is 0 Å². The molecule has 0 fully saturated rings. The number of aromatic nitrogens is 1. The van der Waals surface area contributed by atoms with Gasteiger partial charge in [0, 0.05) is 5.56 Å². The molecule has 0 bridgehead atoms. The number of thiazole rings is 1. The van der Waals surface area contributed by atoms with Crippen molar-refractivity contribution in [2.24, 2.45) is 0 Å². The van der Waals surface area contributed by atoms with Crippen LogP contribution in [0.2, 0.25) is 5.02 Å². The number of hydrogen-bond acceptors (Lipinski definition) is 3. The van der Waals surface area contributed by atoms with Crippen molar-refractivity contribution in [1.82, 2.24) is 4.98 Å². The number of rotatable bonds is 1. The average molecular weight is 280 g/mol. The minimum Gasteiger partial charge on any atom is -0.508 e. The van der Waals surface area contributed by atoms with E-state index >= 15 is 0 Å². The molecule has 0 spiro atoms. The first-order valence-electron chi connectivity index (χ1n) is 5.18. The van der Waals surface area contributed by atoms with Crippen LogP contribution in [0, 0.1) is 5.82 Å². The van der Waals surface area contributed by atoms with Gasteiger partial charge < -0.3 is 5.11 Å². The molecule has 2 aromatic carbocycles. The Morgan fingerprint density at radius 3 is 2.83 bits per heavy atom. The zero-order valence-electron chi connectivity index (χ0n) is 9.02. The predicted octanol–water partition coefficient (Wildman–Crippen LogP) is 4.46. The van der Waals surface area contributed by atoms with E-state index in [1.165, 1.54) is 29.5 Å². The van der Waals surface area contributed by atoms with Crippen LogP contribution >= 0.6 is 22.9 Å². The second-order valence-corrected chi connectivity index (χ2v) is 5.23. The summed E-state index contributed by atoms with van der Waals surface area (Å²) in [5, 5.41) is 10.6. The van der Waals surface area contributed by atoms with Crippen LogP contribution in [0.5, 0.6) is 5.75 Å². The largest absolute Gasteiger partial charge is 0.508 e. The summed E-state index contributed by atoms with van der Waals surface area (Å²) in [6.45, 7) is 0. The highest BCUT2D eigenvalue weighted by molar-refractivity contribution is 7.21. The summed E-state index contributed by atoms with van der Waals surface area (Å²) in [6.07, 6.45) is 0. The van der Waals surface area contributed by atoms with Crippen LogP contribution in [0.4, 0.5) is 4.39 Å². The van der Waals surface area contributed by atoms with Gasteiger partial charge in [0.25, 0.3) is 0 Å². The van der Waals surface area contributed by atoms with Gasteiger partial charge in [0.15, 0.2) is 0 Å². The monoisotopic (exact) mass is 279 g/mol. The molecule has 3 rings (SSSR count). The molecule has 90 valence electrons. The summed E-state index contributed by atoms with van der Waals surface area (Å²) in [6, 6.07) is 9.11. The number of fused-ring (bicyclic) bond motifs is 1. The minimum atomic E-state index is -0.292. The molecule has 0 amide bonds. The Labute approximate surface area is 111 Å². The van der Waals surface area contributed by atoms with E-state index in [2.05, 4.69) is 4.98 Å². The van der Waals surface area contributed by atoms with Gasteiger partial charge in [-0.1, -0.05) is 11.6 Å². The Balaban J connectivity index is 2.22. The third-order valence-corrected chi connectivity index (χ3v) is 3.91. The zero-order chi connectivity index (χ0) is 12.7. The van der Waals surface area contributed by atoms with E-state index in [4.69, 9.17) is 11.6 Å². The molecule has 0 saturated heterocycles. The number of phenols is 1. The van der Waals surface area contributed by atoms with E-state index in [0.29, 0.717) is 15.6 Å². The van der Waals surface area contributed by atoms with Crippen molar-refractivity contribution in [2.75, 3.05) is 0 Å². The molecule has 0 atom stereocenters. The van der Waals surface area contributed by atoms with Gasteiger partial charge in [-0.3, -0.25) is 0 Å². The second-order valence-electron chi connectivity index (χ2n) is 3.80. The van der Waals surface area contributed by atoms with E-state index in [1.54, 1.807) is 18.2 Å². The summed E-state index contributed by atoms with van der Waals surface area (Å²) >= 11 is 7.41. The maximum Gasteiger partial charge on any atom is 0.126 e. The lowest BCUT2D eigenvalue weighted by Crippen LogP contribution is -1.78. The standard InChI is InChI=1S/C13H7ClFNOS/c14-10-3-2-8(17)6-9(10)13-16-11-4-1-7(15)5-12(11)18-13/h1-6,17H. The third kappa shape index (κ3) is 1.94. The number of aromatic hydroxyl groups is 1. The summed E-state index contributed by atoms with van der Waals surface area (Å²) in [4.78, 5) is 4.38. The number of phenolic OH excluding ortho intramolecular Hbond substituents is 1. The normalized spacial score (nSPS) is 11.0. The van der Waals surface area contributed by atoms with Crippen molar-refractivity contribution in [3.05, 3.63) is 47.2 Å². The highest BCUT2D eigenvalue weighted by Gasteiger charge is 2.11. The van der Waals surface area contributed by atoms with Gasteiger partial charge in [0.2, 0.25) is 0 Å². The molecule has 0 aliphatic rings. The van der Waals surface area contributed by atoms with Crippen molar-refractivity contribution in [1.29, 1.82) is 0 Å². The van der Waals surface area contributed by atoms with E-state index in [0.717, 1.165) is 10.2 Å². The van der Waals surface area contributed by atoms with Gasteiger partial charge in [0.05, 0.1) is 15.2 Å². The van der Waals surface area contributed by atoms with Crippen molar-refractivity contribution in [3.8, 4) is 16.3 Å². The van der Waals surface area contributed by atoms with Crippen LogP contribution in [-0.4, -0.2) is 10.1 Å². The van der Waals surface area contributed by atoms with Gasteiger partial charge >= 0.3 is 0 Å². The first-order chi connectivity index (χ1) is 8.63. The zero-order valence-corrected chi connectivity index (χ0v) is 10.6. The van der Waals surface area contributed by atoms with Crippen molar-refractivity contribution in [2.45, 2.75) is 0 Å². The molecule has 3 aromatic rings. The van der Waals surface area contributed by atoms with Crippen molar-refractivity contribution >= 4 is 33.2 Å². The van der Waals surface area contributed by atoms with E-state index in [-0.39, 0.29) is 11.6 Å². The van der Waals surface area contributed by atoms with E-state index < -0.39 is 0 Å². The fourth-order valence-electron chi connectivity index (χ4n) is 1.69. The molecule has 1 heterocycles. The highest BCUT2D eigenvalue weighted by atomic mass is 35.5. The smallest absolute Gasteiger partial charge is 0.126 e. The van der Waals surface area contributed by atoms with Crippen LogP contribution in [0.15, 0.2) is 36.4 Å². The third-order valence-electron chi connectivity index (χ3n) is 2.53. The Hall–Kier alpha value is -1.65. The Kier molecular flexibility index (Phi) is 2.69. The van der Waals surface area contributed by atoms with Gasteiger partial charge in [-0.05, 0) is 36.4 Å². The van der Waals surface area contributed by atoms with Crippen LogP contribution < -0.4 is 0 Å². The molecule has 18 heavy (non-hydrogen) atoms. The molecule has 0 saturated carbocycles. The molecule has 0 aliphatic carbocycles. The van der Waals surface area contributed by atoms with Crippen LogP contribution in [0.3, 0.4) is 0 Å². The van der Waals surface area contributed by atoms with Crippen LogP contribution in [0.25, 0.3) is 20.8 Å². The fourth-order valence-corrected chi connectivity index (χ4v) is 2.97. The summed E-state index contributed by atoms with van der Waals surface area (Å²) < 4.78 is 13.9. The van der Waals surface area contributed by atoms with E-state index in [1.807, 2.05) is 0 Å². The van der Waals surface area contributed by atoms with Crippen molar-refractivity contribution < 1.29 is 9.50 Å². The molecular formula is C13H7ClFNOS. The number of benzene rings is 2. The second kappa shape index (κ2) is 4.23. The molecule has 0 aliphatic heterocycles. The van der Waals surface area contributed by atoms with Gasteiger partial charge in [-0.15, -0.1) is 11.3 Å². The molecule has 2 nitrogen and oxygen atoms in total. The lowest BCUT2D eigenvalue weighted by Gasteiger charge is -2.00. The summed E-state index contributed by atoms with van der Waals surface area (Å²) in [7, 11) is 0. The van der Waals surface area contributed by atoms with Gasteiger partial charge in [-0.25, -0.2) is 9.37 Å². The number of nitrogens with zero attached hydrogens (tertiary/aromatic N) is 1. The van der Waals surface area contributed by atoms with Crippen LogP contribution in [0.1, 0.15) is 0 Å². The number of hydrogen-bond donors (Lipinski definition) is 1. The van der Waals surface area contributed by atoms with E-state index in [9.17, 15) is 9.50 Å². The maximum absolute atomic E-state index is 13.1. The van der Waals surface area contributed by atoms with Gasteiger partial charge in [-0.2, -0.15) is 0 Å². The topological polar surface area (TPSA) is 33.1 Å². The lowest BCUT2D eigenvalue weighted by atomic mass is 10.2.